The molecule has 0 atom stereocenters. The van der Waals surface area contributed by atoms with Crippen molar-refractivity contribution in [2.24, 2.45) is 0 Å². The Morgan fingerprint density at radius 3 is 2.45 bits per heavy atom. The molecule has 0 saturated heterocycles. The van der Waals surface area contributed by atoms with Gasteiger partial charge in [-0.15, -0.1) is 16.4 Å². The first-order valence-electron chi connectivity index (χ1n) is 8.40. The van der Waals surface area contributed by atoms with Gasteiger partial charge in [-0.25, -0.2) is 4.79 Å². The highest BCUT2D eigenvalue weighted by molar-refractivity contribution is 7.17. The average molecular weight is 422 g/mol. The lowest BCUT2D eigenvalue weighted by Crippen LogP contribution is -2.21. The number of nitrogens with zero attached hydrogens (tertiary/aromatic N) is 3. The topological polar surface area (TPSA) is 99.8 Å². The van der Waals surface area contributed by atoms with Gasteiger partial charge in [0.25, 0.3) is 5.91 Å². The molecule has 2 heterocycles. The predicted molar refractivity (Wildman–Crippen MR) is 113 cm³/mol. The van der Waals surface area contributed by atoms with E-state index in [1.165, 1.54) is 16.0 Å². The normalized spacial score (nSPS) is 10.5. The summed E-state index contributed by atoms with van der Waals surface area (Å²) < 4.78 is 1.20. The molecule has 2 N–H and O–H groups in total. The van der Waals surface area contributed by atoms with Crippen LogP contribution in [-0.2, 0) is 0 Å². The van der Waals surface area contributed by atoms with E-state index in [0.717, 1.165) is 0 Å². The first-order chi connectivity index (χ1) is 14.0. The molecule has 0 bridgehead atoms. The second kappa shape index (κ2) is 7.75. The van der Waals surface area contributed by atoms with Crippen molar-refractivity contribution in [3.8, 4) is 6.07 Å². The minimum atomic E-state index is -0.478. The Balaban J connectivity index is 1.58. The molecule has 0 aliphatic heterocycles. The Kier molecular flexibility index (Phi) is 4.99. The van der Waals surface area contributed by atoms with Crippen LogP contribution in [0.25, 0.3) is 10.2 Å². The van der Waals surface area contributed by atoms with Crippen LogP contribution in [0, 0.1) is 11.3 Å². The summed E-state index contributed by atoms with van der Waals surface area (Å²) in [4.78, 5) is 25.8. The zero-order valence-electron chi connectivity index (χ0n) is 14.7. The van der Waals surface area contributed by atoms with Gasteiger partial charge in [-0.05, 0) is 60.0 Å². The van der Waals surface area contributed by atoms with Crippen molar-refractivity contribution in [3.05, 3.63) is 76.1 Å². The zero-order chi connectivity index (χ0) is 20.4. The van der Waals surface area contributed by atoms with Gasteiger partial charge in [0.05, 0.1) is 17.0 Å². The van der Waals surface area contributed by atoms with E-state index in [-0.39, 0.29) is 11.7 Å². The summed E-state index contributed by atoms with van der Waals surface area (Å²) in [6.07, 6.45) is 0. The highest BCUT2D eigenvalue weighted by Crippen LogP contribution is 2.28. The number of carbonyl (C=O) groups is 2. The lowest BCUT2D eigenvalue weighted by molar-refractivity contribution is 0.102. The quantitative estimate of drug-likeness (QED) is 0.488. The molecule has 0 fully saturated rings. The van der Waals surface area contributed by atoms with Crippen LogP contribution in [0.1, 0.15) is 15.9 Å². The summed E-state index contributed by atoms with van der Waals surface area (Å²) >= 11 is 7.19. The summed E-state index contributed by atoms with van der Waals surface area (Å²) in [6, 6.07) is 16.3. The van der Waals surface area contributed by atoms with Gasteiger partial charge in [-0.3, -0.25) is 4.79 Å². The molecular formula is C20H12ClN5O2S. The molecule has 29 heavy (non-hydrogen) atoms. The third kappa shape index (κ3) is 3.82. The third-order valence-electron chi connectivity index (χ3n) is 4.09. The number of carbonyl (C=O) groups excluding carboxylic acids is 2. The average Bonchev–Trinajstić information content (AvgIpc) is 3.33. The van der Waals surface area contributed by atoms with Crippen molar-refractivity contribution in [2.45, 2.75) is 0 Å². The fourth-order valence-corrected chi connectivity index (χ4v) is 3.63. The number of anilines is 2. The molecule has 4 aromatic rings. The van der Waals surface area contributed by atoms with Crippen LogP contribution in [0.2, 0.25) is 5.02 Å². The Bertz CT molecular complexity index is 1250. The van der Waals surface area contributed by atoms with E-state index in [2.05, 4.69) is 15.7 Å². The summed E-state index contributed by atoms with van der Waals surface area (Å²) in [5.74, 6) is -0.0666. The number of amides is 2. The molecule has 2 aromatic heterocycles. The maximum atomic E-state index is 12.7. The summed E-state index contributed by atoms with van der Waals surface area (Å²) in [6.45, 7) is 0. The molecular weight excluding hydrogens is 410 g/mol. The Morgan fingerprint density at radius 1 is 1.03 bits per heavy atom. The molecule has 0 unspecified atom stereocenters. The van der Waals surface area contributed by atoms with Crippen molar-refractivity contribution in [3.63, 3.8) is 0 Å². The van der Waals surface area contributed by atoms with E-state index in [4.69, 9.17) is 16.9 Å². The van der Waals surface area contributed by atoms with Crippen molar-refractivity contribution in [2.75, 3.05) is 10.6 Å². The van der Waals surface area contributed by atoms with E-state index >= 15 is 0 Å². The van der Waals surface area contributed by atoms with Crippen LogP contribution in [0.4, 0.5) is 16.3 Å². The fraction of sp³-hybridized carbons (Fsp3) is 0. The van der Waals surface area contributed by atoms with E-state index < -0.39 is 6.03 Å². The Hall–Kier alpha value is -3.67. The van der Waals surface area contributed by atoms with Crippen LogP contribution in [0.3, 0.4) is 0 Å². The largest absolute Gasteiger partial charge is 0.347 e. The first-order valence-corrected chi connectivity index (χ1v) is 9.65. The second-order valence-electron chi connectivity index (χ2n) is 5.98. The maximum absolute atomic E-state index is 12.7. The number of hydrogen-bond donors (Lipinski definition) is 2. The van der Waals surface area contributed by atoms with Gasteiger partial charge in [-0.1, -0.05) is 11.6 Å². The van der Waals surface area contributed by atoms with E-state index in [1.54, 1.807) is 54.6 Å². The maximum Gasteiger partial charge on any atom is 0.347 e. The fourth-order valence-electron chi connectivity index (χ4n) is 2.66. The number of nitriles is 1. The number of benzene rings is 2. The van der Waals surface area contributed by atoms with Gasteiger partial charge in [0, 0.05) is 16.3 Å². The summed E-state index contributed by atoms with van der Waals surface area (Å²) in [5.41, 5.74) is 1.45. The van der Waals surface area contributed by atoms with Gasteiger partial charge in [0.2, 0.25) is 0 Å². The number of thiophene rings is 1. The van der Waals surface area contributed by atoms with Gasteiger partial charge in [0.15, 0.2) is 5.82 Å². The van der Waals surface area contributed by atoms with E-state index in [0.29, 0.717) is 32.1 Å². The molecule has 0 spiro atoms. The van der Waals surface area contributed by atoms with Crippen LogP contribution < -0.4 is 10.6 Å². The number of fused-ring (bicyclic) bond motifs is 1. The van der Waals surface area contributed by atoms with Crippen molar-refractivity contribution < 1.29 is 9.59 Å². The van der Waals surface area contributed by atoms with Crippen LogP contribution in [0.15, 0.2) is 60.0 Å². The smallest absolute Gasteiger partial charge is 0.306 e. The minimum absolute atomic E-state index is 0.288. The molecule has 0 saturated carbocycles. The lowest BCUT2D eigenvalue weighted by atomic mass is 10.2. The second-order valence-corrected chi connectivity index (χ2v) is 7.31. The molecule has 0 aliphatic rings. The number of rotatable bonds is 3. The third-order valence-corrected chi connectivity index (χ3v) is 5.23. The molecule has 0 aliphatic carbocycles. The van der Waals surface area contributed by atoms with Gasteiger partial charge in [-0.2, -0.15) is 9.94 Å². The van der Waals surface area contributed by atoms with Crippen LogP contribution >= 0.6 is 22.9 Å². The van der Waals surface area contributed by atoms with Crippen molar-refractivity contribution in [1.82, 2.24) is 9.78 Å². The first kappa shape index (κ1) is 18.7. The SMILES string of the molecule is N#Cc1ccc(NC(=O)n2nc(NC(=O)c3ccc(Cl)cc3)c3ccsc32)cc1. The van der Waals surface area contributed by atoms with Gasteiger partial charge >= 0.3 is 6.03 Å². The molecule has 4 rings (SSSR count). The molecule has 2 aromatic carbocycles. The van der Waals surface area contributed by atoms with E-state index in [9.17, 15) is 9.59 Å². The van der Waals surface area contributed by atoms with Gasteiger partial charge < -0.3 is 10.6 Å². The van der Waals surface area contributed by atoms with Crippen LogP contribution in [-0.4, -0.2) is 21.7 Å². The Morgan fingerprint density at radius 2 is 1.76 bits per heavy atom. The minimum Gasteiger partial charge on any atom is -0.306 e. The highest BCUT2D eigenvalue weighted by Gasteiger charge is 2.19. The monoisotopic (exact) mass is 421 g/mol. The molecule has 7 nitrogen and oxygen atoms in total. The highest BCUT2D eigenvalue weighted by atomic mass is 35.5. The van der Waals surface area contributed by atoms with Crippen molar-refractivity contribution >= 4 is 56.6 Å². The van der Waals surface area contributed by atoms with Crippen LogP contribution in [0.5, 0.6) is 0 Å². The number of hydrogen-bond acceptors (Lipinski definition) is 5. The molecule has 0 radical (unpaired) electrons. The Labute approximate surface area is 174 Å². The molecule has 9 heteroatoms. The molecule has 142 valence electrons. The molecule has 2 amide bonds. The zero-order valence-corrected chi connectivity index (χ0v) is 16.3. The summed E-state index contributed by atoms with van der Waals surface area (Å²) in [5, 5.41) is 21.6. The number of nitrogens with one attached hydrogen (secondary N) is 2. The lowest BCUT2D eigenvalue weighted by Gasteiger charge is -2.05. The number of halogens is 1. The number of aromatic nitrogens is 2. The van der Waals surface area contributed by atoms with E-state index in [1.807, 2.05) is 11.4 Å². The predicted octanol–water partition coefficient (Wildman–Crippen LogP) is 4.96. The summed E-state index contributed by atoms with van der Waals surface area (Å²) in [7, 11) is 0. The van der Waals surface area contributed by atoms with Crippen molar-refractivity contribution in [1.29, 1.82) is 5.26 Å². The standard InChI is InChI=1S/C20H12ClN5O2S/c21-14-5-3-13(4-6-14)18(27)24-17-16-9-10-29-19(16)26(25-17)20(28)23-15-7-1-12(11-22)2-8-15/h1-10H,(H,23,28)(H,24,25,27). The van der Waals surface area contributed by atoms with Gasteiger partial charge in [0.1, 0.15) is 4.83 Å².